The summed E-state index contributed by atoms with van der Waals surface area (Å²) in [4.78, 5) is 19.7. The summed E-state index contributed by atoms with van der Waals surface area (Å²) in [5.74, 6) is 2.04. The van der Waals surface area contributed by atoms with Crippen LogP contribution in [-0.2, 0) is 0 Å². The van der Waals surface area contributed by atoms with Gasteiger partial charge >= 0.3 is 5.97 Å². The number of methoxy groups -OCH3 is 2. The van der Waals surface area contributed by atoms with Gasteiger partial charge < -0.3 is 25.2 Å². The molecule has 0 saturated carbocycles. The van der Waals surface area contributed by atoms with Gasteiger partial charge in [0.25, 0.3) is 0 Å². The summed E-state index contributed by atoms with van der Waals surface area (Å²) in [6.45, 7) is 1.79. The molecule has 0 saturated heterocycles. The van der Waals surface area contributed by atoms with E-state index in [0.717, 1.165) is 11.4 Å². The number of nitrogens with zero attached hydrogens (tertiary/aromatic N) is 2. The topological polar surface area (TPSA) is 106 Å². The minimum atomic E-state index is -0.967. The molecule has 8 nitrogen and oxygen atoms in total. The van der Waals surface area contributed by atoms with E-state index in [1.807, 2.05) is 12.1 Å². The van der Waals surface area contributed by atoms with E-state index in [1.54, 1.807) is 45.4 Å². The first-order valence-corrected chi connectivity index (χ1v) is 8.43. The number of aryl methyl sites for hydroxylation is 1. The quantitative estimate of drug-likeness (QED) is 0.565. The van der Waals surface area contributed by atoms with Gasteiger partial charge in [-0.3, -0.25) is 0 Å². The van der Waals surface area contributed by atoms with Gasteiger partial charge in [-0.1, -0.05) is 0 Å². The second-order valence-electron chi connectivity index (χ2n) is 5.89. The van der Waals surface area contributed by atoms with Gasteiger partial charge in [-0.05, 0) is 43.3 Å². The maximum atomic E-state index is 11.0. The molecule has 28 heavy (non-hydrogen) atoms. The van der Waals surface area contributed by atoms with Crippen LogP contribution in [0.15, 0.2) is 48.5 Å². The van der Waals surface area contributed by atoms with Crippen LogP contribution in [-0.4, -0.2) is 35.3 Å². The Morgan fingerprint density at radius 2 is 1.43 bits per heavy atom. The number of nitrogens with one attached hydrogen (secondary N) is 2. The number of hydrogen-bond acceptors (Lipinski definition) is 7. The van der Waals surface area contributed by atoms with Crippen LogP contribution in [0.4, 0.5) is 23.0 Å². The summed E-state index contributed by atoms with van der Waals surface area (Å²) in [5.41, 5.74) is 1.73. The van der Waals surface area contributed by atoms with E-state index in [-0.39, 0.29) is 5.56 Å². The van der Waals surface area contributed by atoms with E-state index in [9.17, 15) is 4.79 Å². The lowest BCUT2D eigenvalue weighted by atomic mass is 10.2. The number of carbonyl (C=O) groups is 1. The number of aromatic carboxylic acids is 1. The average Bonchev–Trinajstić information content (AvgIpc) is 2.67. The molecule has 3 aromatic rings. The van der Waals surface area contributed by atoms with E-state index in [4.69, 9.17) is 14.6 Å². The fraction of sp³-hybridized carbons (Fsp3) is 0.150. The standard InChI is InChI=1S/C20H20N4O4/c1-12-21-18(23-14-6-4-13(5-7-14)20(25)26)11-19(22-12)24-15-8-9-16(27-2)17(10-15)28-3/h4-11H,1-3H3,(H,25,26)(H2,21,22,23,24). The highest BCUT2D eigenvalue weighted by atomic mass is 16.5. The van der Waals surface area contributed by atoms with Crippen LogP contribution in [0.1, 0.15) is 16.2 Å². The number of benzene rings is 2. The van der Waals surface area contributed by atoms with E-state index >= 15 is 0 Å². The zero-order valence-corrected chi connectivity index (χ0v) is 15.7. The van der Waals surface area contributed by atoms with Gasteiger partial charge in [0.15, 0.2) is 11.5 Å². The molecule has 3 N–H and O–H groups in total. The van der Waals surface area contributed by atoms with Crippen molar-refractivity contribution in [3.63, 3.8) is 0 Å². The van der Waals surface area contributed by atoms with Crippen LogP contribution in [0.5, 0.6) is 11.5 Å². The first-order valence-electron chi connectivity index (χ1n) is 8.43. The number of ether oxygens (including phenoxy) is 2. The van der Waals surface area contributed by atoms with Crippen molar-refractivity contribution in [3.05, 3.63) is 59.9 Å². The monoisotopic (exact) mass is 380 g/mol. The average molecular weight is 380 g/mol. The molecule has 0 unspecified atom stereocenters. The predicted octanol–water partition coefficient (Wildman–Crippen LogP) is 3.99. The minimum absolute atomic E-state index is 0.222. The maximum absolute atomic E-state index is 11.0. The fourth-order valence-corrected chi connectivity index (χ4v) is 2.60. The molecule has 0 aliphatic rings. The summed E-state index contributed by atoms with van der Waals surface area (Å²) >= 11 is 0. The summed E-state index contributed by atoms with van der Waals surface area (Å²) in [5, 5.41) is 15.3. The van der Waals surface area contributed by atoms with Crippen molar-refractivity contribution >= 4 is 29.0 Å². The first kappa shape index (κ1) is 19.0. The Morgan fingerprint density at radius 3 is 2.00 bits per heavy atom. The van der Waals surface area contributed by atoms with Crippen LogP contribution >= 0.6 is 0 Å². The fourth-order valence-electron chi connectivity index (χ4n) is 2.60. The zero-order chi connectivity index (χ0) is 20.1. The van der Waals surface area contributed by atoms with Gasteiger partial charge in [-0.2, -0.15) is 0 Å². The predicted molar refractivity (Wildman–Crippen MR) is 106 cm³/mol. The second kappa shape index (κ2) is 8.26. The van der Waals surface area contributed by atoms with Crippen molar-refractivity contribution < 1.29 is 19.4 Å². The van der Waals surface area contributed by atoms with Gasteiger partial charge in [0.2, 0.25) is 0 Å². The summed E-state index contributed by atoms with van der Waals surface area (Å²) in [6, 6.07) is 13.7. The Labute approximate surface area is 162 Å². The lowest BCUT2D eigenvalue weighted by Crippen LogP contribution is -2.02. The smallest absolute Gasteiger partial charge is 0.335 e. The Balaban J connectivity index is 1.80. The zero-order valence-electron chi connectivity index (χ0n) is 15.7. The molecule has 0 aliphatic heterocycles. The molecule has 8 heteroatoms. The molecule has 1 aromatic heterocycles. The first-order chi connectivity index (χ1) is 13.5. The molecule has 2 aromatic carbocycles. The molecule has 0 radical (unpaired) electrons. The van der Waals surface area contributed by atoms with Gasteiger partial charge in [-0.25, -0.2) is 14.8 Å². The summed E-state index contributed by atoms with van der Waals surface area (Å²) in [7, 11) is 3.16. The van der Waals surface area contributed by atoms with Gasteiger partial charge in [-0.15, -0.1) is 0 Å². The molecule has 144 valence electrons. The number of carboxylic acid groups (broad SMARTS) is 1. The van der Waals surface area contributed by atoms with Crippen LogP contribution in [0.3, 0.4) is 0 Å². The Hall–Kier alpha value is -3.81. The van der Waals surface area contributed by atoms with Crippen LogP contribution in [0.2, 0.25) is 0 Å². The van der Waals surface area contributed by atoms with Crippen LogP contribution in [0.25, 0.3) is 0 Å². The molecule has 0 atom stereocenters. The molecule has 0 amide bonds. The van der Waals surface area contributed by atoms with Crippen molar-refractivity contribution in [1.29, 1.82) is 0 Å². The minimum Gasteiger partial charge on any atom is -0.493 e. The Bertz CT molecular complexity index is 990. The lowest BCUT2D eigenvalue weighted by Gasteiger charge is -2.12. The molecule has 0 aliphatic carbocycles. The molecule has 0 spiro atoms. The highest BCUT2D eigenvalue weighted by Crippen LogP contribution is 2.31. The number of hydrogen-bond donors (Lipinski definition) is 3. The van der Waals surface area contributed by atoms with E-state index in [1.165, 1.54) is 12.1 Å². The molecule has 0 bridgehead atoms. The normalized spacial score (nSPS) is 10.2. The largest absolute Gasteiger partial charge is 0.493 e. The third-order valence-electron chi connectivity index (χ3n) is 3.90. The molecule has 0 fully saturated rings. The SMILES string of the molecule is COc1ccc(Nc2cc(Nc3ccc(C(=O)O)cc3)nc(C)n2)cc1OC. The third kappa shape index (κ3) is 4.47. The number of rotatable bonds is 7. The van der Waals surface area contributed by atoms with Crippen molar-refractivity contribution in [2.75, 3.05) is 24.9 Å². The second-order valence-corrected chi connectivity index (χ2v) is 5.89. The third-order valence-corrected chi connectivity index (χ3v) is 3.90. The van der Waals surface area contributed by atoms with Crippen molar-refractivity contribution in [2.45, 2.75) is 6.92 Å². The van der Waals surface area contributed by atoms with Gasteiger partial charge in [0.05, 0.1) is 19.8 Å². The highest BCUT2D eigenvalue weighted by Gasteiger charge is 2.08. The van der Waals surface area contributed by atoms with Crippen molar-refractivity contribution in [2.24, 2.45) is 0 Å². The van der Waals surface area contributed by atoms with Crippen molar-refractivity contribution in [3.8, 4) is 11.5 Å². The molecular formula is C20H20N4O4. The Morgan fingerprint density at radius 1 is 0.857 bits per heavy atom. The lowest BCUT2D eigenvalue weighted by molar-refractivity contribution is 0.0697. The van der Waals surface area contributed by atoms with Crippen LogP contribution in [0, 0.1) is 6.92 Å². The molecule has 3 rings (SSSR count). The number of aromatic nitrogens is 2. The van der Waals surface area contributed by atoms with Gasteiger partial charge in [0, 0.05) is 23.5 Å². The summed E-state index contributed by atoms with van der Waals surface area (Å²) < 4.78 is 10.6. The van der Waals surface area contributed by atoms with E-state index in [2.05, 4.69) is 20.6 Å². The van der Waals surface area contributed by atoms with Crippen molar-refractivity contribution in [1.82, 2.24) is 9.97 Å². The Kier molecular flexibility index (Phi) is 5.59. The number of carboxylic acids is 1. The maximum Gasteiger partial charge on any atom is 0.335 e. The highest BCUT2D eigenvalue weighted by molar-refractivity contribution is 5.88. The summed E-state index contributed by atoms with van der Waals surface area (Å²) in [6.07, 6.45) is 0. The number of anilines is 4. The van der Waals surface area contributed by atoms with E-state index in [0.29, 0.717) is 29.0 Å². The van der Waals surface area contributed by atoms with Gasteiger partial charge in [0.1, 0.15) is 17.5 Å². The van der Waals surface area contributed by atoms with Crippen LogP contribution < -0.4 is 20.1 Å². The van der Waals surface area contributed by atoms with E-state index < -0.39 is 5.97 Å². The molecular weight excluding hydrogens is 360 g/mol. The molecule has 1 heterocycles.